The minimum Gasteiger partial charge on any atom is -0.494 e. The Morgan fingerprint density at radius 3 is 2.50 bits per heavy atom. The first-order valence-electron chi connectivity index (χ1n) is 11.9. The lowest BCUT2D eigenvalue weighted by atomic mass is 10.1. The number of guanidine groups is 1. The number of halogens is 1. The van der Waals surface area contributed by atoms with Crippen molar-refractivity contribution in [2.45, 2.75) is 39.5 Å². The number of carbonyl (C=O) groups is 1. The number of piperazine rings is 1. The van der Waals surface area contributed by atoms with Crippen molar-refractivity contribution < 1.29 is 9.53 Å². The lowest BCUT2D eigenvalue weighted by Gasteiger charge is -2.36. The van der Waals surface area contributed by atoms with E-state index in [1.165, 1.54) is 5.56 Å². The molecule has 2 fully saturated rings. The van der Waals surface area contributed by atoms with E-state index in [0.29, 0.717) is 6.54 Å². The Morgan fingerprint density at radius 2 is 1.81 bits per heavy atom. The molecule has 0 aromatic heterocycles. The minimum absolute atomic E-state index is 0. The third-order valence-electron chi connectivity index (χ3n) is 5.86. The van der Waals surface area contributed by atoms with Gasteiger partial charge in [0, 0.05) is 52.4 Å². The molecule has 2 aliphatic heterocycles. The van der Waals surface area contributed by atoms with Crippen LogP contribution in [0.1, 0.15) is 38.7 Å². The zero-order valence-corrected chi connectivity index (χ0v) is 22.1. The highest BCUT2D eigenvalue weighted by Gasteiger charge is 2.24. The molecule has 0 radical (unpaired) electrons. The van der Waals surface area contributed by atoms with E-state index >= 15 is 0 Å². The zero-order chi connectivity index (χ0) is 21.9. The average molecular weight is 558 g/mol. The lowest BCUT2D eigenvalue weighted by molar-refractivity contribution is -0.131. The fourth-order valence-corrected chi connectivity index (χ4v) is 4.10. The molecule has 32 heavy (non-hydrogen) atoms. The van der Waals surface area contributed by atoms with E-state index in [4.69, 9.17) is 9.73 Å². The molecule has 8 heteroatoms. The van der Waals surface area contributed by atoms with Gasteiger partial charge in [0.2, 0.25) is 5.91 Å². The van der Waals surface area contributed by atoms with Crippen LogP contribution in [-0.4, -0.2) is 92.1 Å². The number of hydrogen-bond donors (Lipinski definition) is 1. The molecular formula is C24H40IN5O2. The maximum absolute atomic E-state index is 12.4. The van der Waals surface area contributed by atoms with Gasteiger partial charge in [-0.25, -0.2) is 0 Å². The van der Waals surface area contributed by atoms with Gasteiger partial charge in [-0.15, -0.1) is 24.0 Å². The van der Waals surface area contributed by atoms with Crippen molar-refractivity contribution in [3.63, 3.8) is 0 Å². The molecule has 1 aromatic carbocycles. The second-order valence-corrected chi connectivity index (χ2v) is 8.33. The topological polar surface area (TPSA) is 60.4 Å². The van der Waals surface area contributed by atoms with Crippen LogP contribution in [0.15, 0.2) is 29.3 Å². The van der Waals surface area contributed by atoms with Gasteiger partial charge in [0.15, 0.2) is 5.96 Å². The molecule has 1 aromatic rings. The van der Waals surface area contributed by atoms with E-state index < -0.39 is 0 Å². The van der Waals surface area contributed by atoms with Gasteiger partial charge < -0.3 is 19.9 Å². The number of carbonyl (C=O) groups excluding carboxylic acids is 1. The Bertz CT molecular complexity index is 716. The summed E-state index contributed by atoms with van der Waals surface area (Å²) in [5, 5.41) is 3.44. The Morgan fingerprint density at radius 1 is 1.06 bits per heavy atom. The van der Waals surface area contributed by atoms with Crippen molar-refractivity contribution in [3.8, 4) is 5.75 Å². The quantitative estimate of drug-likeness (QED) is 0.288. The summed E-state index contributed by atoms with van der Waals surface area (Å²) < 4.78 is 5.74. The third kappa shape index (κ3) is 8.42. The summed E-state index contributed by atoms with van der Waals surface area (Å²) in [6.45, 7) is 12.6. The maximum atomic E-state index is 12.4. The Hall–Kier alpha value is -1.55. The highest BCUT2D eigenvalue weighted by atomic mass is 127. The van der Waals surface area contributed by atoms with Crippen LogP contribution < -0.4 is 10.1 Å². The van der Waals surface area contributed by atoms with Crippen LogP contribution in [0.2, 0.25) is 0 Å². The third-order valence-corrected chi connectivity index (χ3v) is 5.86. The molecule has 3 rings (SSSR count). The number of ether oxygens (including phenoxy) is 1. The van der Waals surface area contributed by atoms with Crippen LogP contribution in [0.5, 0.6) is 5.75 Å². The highest BCUT2D eigenvalue weighted by molar-refractivity contribution is 14.0. The standard InChI is InChI=1S/C24H39N5O2.HI/c1-3-18-31-22-9-7-8-21(19-22)10-11-26-24(25-4-2)29-16-14-27(15-17-29)20-23(30)28-12-5-6-13-28;/h7-9,19H,3-6,10-18,20H2,1-2H3,(H,25,26);1H. The van der Waals surface area contributed by atoms with E-state index in [1.807, 2.05) is 11.0 Å². The molecule has 2 aliphatic rings. The molecule has 0 saturated carbocycles. The predicted octanol–water partition coefficient (Wildman–Crippen LogP) is 2.84. The van der Waals surface area contributed by atoms with Crippen molar-refractivity contribution in [1.82, 2.24) is 20.0 Å². The fraction of sp³-hybridized carbons (Fsp3) is 0.667. The average Bonchev–Trinajstić information content (AvgIpc) is 3.33. The molecule has 2 saturated heterocycles. The molecule has 0 atom stereocenters. The molecule has 0 spiro atoms. The first-order valence-corrected chi connectivity index (χ1v) is 11.9. The number of nitrogens with zero attached hydrogens (tertiary/aromatic N) is 4. The number of nitrogens with one attached hydrogen (secondary N) is 1. The number of rotatable bonds is 9. The number of hydrogen-bond acceptors (Lipinski definition) is 4. The fourth-order valence-electron chi connectivity index (χ4n) is 4.10. The van der Waals surface area contributed by atoms with Gasteiger partial charge in [-0.2, -0.15) is 0 Å². The van der Waals surface area contributed by atoms with Crippen LogP contribution in [0.4, 0.5) is 0 Å². The van der Waals surface area contributed by atoms with E-state index in [2.05, 4.69) is 47.2 Å². The van der Waals surface area contributed by atoms with E-state index in [-0.39, 0.29) is 29.9 Å². The summed E-state index contributed by atoms with van der Waals surface area (Å²) in [6.07, 6.45) is 4.21. The Labute approximate surface area is 210 Å². The van der Waals surface area contributed by atoms with Crippen LogP contribution in [0, 0.1) is 0 Å². The maximum Gasteiger partial charge on any atom is 0.236 e. The van der Waals surface area contributed by atoms with Crippen molar-refractivity contribution in [1.29, 1.82) is 0 Å². The summed E-state index contributed by atoms with van der Waals surface area (Å²) >= 11 is 0. The molecular weight excluding hydrogens is 517 g/mol. The molecule has 1 amide bonds. The molecule has 0 bridgehead atoms. The molecule has 7 nitrogen and oxygen atoms in total. The van der Waals surface area contributed by atoms with Crippen LogP contribution in [-0.2, 0) is 11.2 Å². The van der Waals surface area contributed by atoms with Crippen LogP contribution in [0.3, 0.4) is 0 Å². The Kier molecular flexibility index (Phi) is 12.2. The second kappa shape index (κ2) is 14.6. The van der Waals surface area contributed by atoms with Crippen LogP contribution >= 0.6 is 24.0 Å². The van der Waals surface area contributed by atoms with Gasteiger partial charge in [0.05, 0.1) is 13.2 Å². The van der Waals surface area contributed by atoms with Gasteiger partial charge in [-0.05, 0) is 50.3 Å². The van der Waals surface area contributed by atoms with Gasteiger partial charge in [-0.3, -0.25) is 14.7 Å². The largest absolute Gasteiger partial charge is 0.494 e. The van der Waals surface area contributed by atoms with E-state index in [1.54, 1.807) is 0 Å². The monoisotopic (exact) mass is 557 g/mol. The Balaban J connectivity index is 0.00000363. The number of aliphatic imine (C=N–C) groups is 1. The predicted molar refractivity (Wildman–Crippen MR) is 141 cm³/mol. The molecule has 1 N–H and O–H groups in total. The summed E-state index contributed by atoms with van der Waals surface area (Å²) in [7, 11) is 0. The summed E-state index contributed by atoms with van der Waals surface area (Å²) in [5.74, 6) is 2.21. The molecule has 0 aliphatic carbocycles. The van der Waals surface area contributed by atoms with Gasteiger partial charge in [0.1, 0.15) is 5.75 Å². The van der Waals surface area contributed by atoms with Crippen molar-refractivity contribution in [2.24, 2.45) is 4.99 Å². The van der Waals surface area contributed by atoms with E-state index in [9.17, 15) is 4.79 Å². The first-order chi connectivity index (χ1) is 15.2. The summed E-state index contributed by atoms with van der Waals surface area (Å²) in [6, 6.07) is 8.32. The van der Waals surface area contributed by atoms with E-state index in [0.717, 1.165) is 96.4 Å². The van der Waals surface area contributed by atoms with Crippen molar-refractivity contribution in [2.75, 3.05) is 65.5 Å². The molecule has 2 heterocycles. The van der Waals surface area contributed by atoms with Gasteiger partial charge >= 0.3 is 0 Å². The summed E-state index contributed by atoms with van der Waals surface area (Å²) in [5.41, 5.74) is 1.25. The van der Waals surface area contributed by atoms with Crippen molar-refractivity contribution in [3.05, 3.63) is 29.8 Å². The second-order valence-electron chi connectivity index (χ2n) is 8.33. The highest BCUT2D eigenvalue weighted by Crippen LogP contribution is 2.14. The number of amides is 1. The lowest BCUT2D eigenvalue weighted by Crippen LogP contribution is -2.54. The number of benzene rings is 1. The smallest absolute Gasteiger partial charge is 0.236 e. The van der Waals surface area contributed by atoms with Crippen molar-refractivity contribution >= 4 is 35.8 Å². The first kappa shape index (κ1) is 26.7. The molecule has 180 valence electrons. The molecule has 0 unspecified atom stereocenters. The van der Waals surface area contributed by atoms with Gasteiger partial charge in [0.25, 0.3) is 0 Å². The number of likely N-dealkylation sites (tertiary alicyclic amines) is 1. The zero-order valence-electron chi connectivity index (χ0n) is 19.7. The SMILES string of the molecule is CCCOc1cccc(CCN=C(NCC)N2CCN(CC(=O)N3CCCC3)CC2)c1.I. The minimum atomic E-state index is 0. The normalized spacial score (nSPS) is 17.2. The van der Waals surface area contributed by atoms with Gasteiger partial charge in [-0.1, -0.05) is 19.1 Å². The summed E-state index contributed by atoms with van der Waals surface area (Å²) in [4.78, 5) is 23.9. The van der Waals surface area contributed by atoms with Crippen LogP contribution in [0.25, 0.3) is 0 Å².